The Morgan fingerprint density at radius 1 is 1.15 bits per heavy atom. The minimum absolute atomic E-state index is 0.153. The molecule has 1 N–H and O–H groups in total. The van der Waals surface area contributed by atoms with E-state index >= 15 is 0 Å². The van der Waals surface area contributed by atoms with Gasteiger partial charge in [0.15, 0.2) is 11.4 Å². The number of halogens is 1. The molecular weight excluding hydrogens is 257 g/mol. The van der Waals surface area contributed by atoms with Crippen LogP contribution in [0.25, 0.3) is 11.0 Å². The number of rotatable bonds is 3. The number of nitrogens with one attached hydrogen (secondary N) is 1. The summed E-state index contributed by atoms with van der Waals surface area (Å²) in [5.74, 6) is 2.02. The topological polar surface area (TPSA) is 38.3 Å². The van der Waals surface area contributed by atoms with Crippen molar-refractivity contribution < 1.29 is 13.2 Å². The summed E-state index contributed by atoms with van der Waals surface area (Å²) < 4.78 is 25.0. The fourth-order valence-corrected chi connectivity index (χ4v) is 2.58. The van der Waals surface area contributed by atoms with Crippen molar-refractivity contribution in [2.24, 2.45) is 0 Å². The van der Waals surface area contributed by atoms with Crippen LogP contribution in [0.4, 0.5) is 4.39 Å². The standard InChI is InChI=1S/C16H16FNO2/c1-9-7-12(10(2)19-9)15(18-3)14-8-11-5-4-6-13(17)16(11)20-14/h4-8,15,18H,1-3H3. The fraction of sp³-hybridized carbons (Fsp3) is 0.250. The van der Waals surface area contributed by atoms with E-state index in [0.717, 1.165) is 22.5 Å². The van der Waals surface area contributed by atoms with Gasteiger partial charge in [0.25, 0.3) is 0 Å². The van der Waals surface area contributed by atoms with Crippen LogP contribution in [0.3, 0.4) is 0 Å². The molecule has 0 saturated carbocycles. The van der Waals surface area contributed by atoms with Crippen molar-refractivity contribution >= 4 is 11.0 Å². The quantitative estimate of drug-likeness (QED) is 0.781. The number of para-hydroxylation sites is 1. The zero-order valence-electron chi connectivity index (χ0n) is 11.7. The van der Waals surface area contributed by atoms with E-state index in [1.54, 1.807) is 6.07 Å². The molecule has 20 heavy (non-hydrogen) atoms. The second-order valence-electron chi connectivity index (χ2n) is 4.90. The number of furan rings is 2. The number of fused-ring (bicyclic) bond motifs is 1. The van der Waals surface area contributed by atoms with Crippen molar-refractivity contribution in [2.45, 2.75) is 19.9 Å². The van der Waals surface area contributed by atoms with E-state index in [4.69, 9.17) is 8.83 Å². The highest BCUT2D eigenvalue weighted by atomic mass is 19.1. The van der Waals surface area contributed by atoms with Crippen molar-refractivity contribution in [3.8, 4) is 0 Å². The Kier molecular flexibility index (Phi) is 3.10. The number of hydrogen-bond donors (Lipinski definition) is 1. The molecule has 1 aromatic carbocycles. The van der Waals surface area contributed by atoms with E-state index in [0.29, 0.717) is 11.3 Å². The van der Waals surface area contributed by atoms with E-state index < -0.39 is 0 Å². The molecular formula is C16H16FNO2. The van der Waals surface area contributed by atoms with E-state index in [1.165, 1.54) is 6.07 Å². The lowest BCUT2D eigenvalue weighted by Gasteiger charge is -2.12. The van der Waals surface area contributed by atoms with Crippen molar-refractivity contribution in [1.82, 2.24) is 5.32 Å². The van der Waals surface area contributed by atoms with E-state index in [9.17, 15) is 4.39 Å². The van der Waals surface area contributed by atoms with Crippen molar-refractivity contribution in [3.63, 3.8) is 0 Å². The summed E-state index contributed by atoms with van der Waals surface area (Å²) in [6.45, 7) is 3.82. The van der Waals surface area contributed by atoms with E-state index in [2.05, 4.69) is 5.32 Å². The summed E-state index contributed by atoms with van der Waals surface area (Å²) in [6, 6.07) is 8.60. The predicted molar refractivity (Wildman–Crippen MR) is 75.3 cm³/mol. The van der Waals surface area contributed by atoms with Gasteiger partial charge < -0.3 is 14.2 Å². The SMILES string of the molecule is CNC(c1cc2cccc(F)c2o1)c1cc(C)oc1C. The lowest BCUT2D eigenvalue weighted by molar-refractivity contribution is 0.463. The van der Waals surface area contributed by atoms with E-state index in [-0.39, 0.29) is 11.9 Å². The van der Waals surface area contributed by atoms with Gasteiger partial charge in [0.2, 0.25) is 0 Å². The summed E-state index contributed by atoms with van der Waals surface area (Å²) >= 11 is 0. The molecule has 1 unspecified atom stereocenters. The maximum atomic E-state index is 13.7. The smallest absolute Gasteiger partial charge is 0.169 e. The predicted octanol–water partition coefficient (Wildman–Crippen LogP) is 4.09. The third-order valence-corrected chi connectivity index (χ3v) is 3.48. The van der Waals surface area contributed by atoms with Crippen molar-refractivity contribution in [3.05, 3.63) is 59.0 Å². The molecule has 0 saturated heterocycles. The van der Waals surface area contributed by atoms with Crippen LogP contribution >= 0.6 is 0 Å². The summed E-state index contributed by atoms with van der Waals surface area (Å²) in [5.41, 5.74) is 1.30. The molecule has 1 atom stereocenters. The van der Waals surface area contributed by atoms with Gasteiger partial charge in [0.05, 0.1) is 6.04 Å². The largest absolute Gasteiger partial charge is 0.466 e. The second-order valence-corrected chi connectivity index (χ2v) is 4.90. The highest BCUT2D eigenvalue weighted by molar-refractivity contribution is 5.78. The Hall–Kier alpha value is -2.07. The molecule has 104 valence electrons. The average Bonchev–Trinajstić information content (AvgIpc) is 2.96. The summed E-state index contributed by atoms with van der Waals surface area (Å²) in [6.07, 6.45) is 0. The maximum Gasteiger partial charge on any atom is 0.169 e. The lowest BCUT2D eigenvalue weighted by Crippen LogP contribution is -2.17. The van der Waals surface area contributed by atoms with Crippen LogP contribution in [-0.2, 0) is 0 Å². The van der Waals surface area contributed by atoms with Gasteiger partial charge in [0.1, 0.15) is 17.3 Å². The van der Waals surface area contributed by atoms with Crippen LogP contribution in [0.1, 0.15) is 28.9 Å². The molecule has 0 radical (unpaired) electrons. The molecule has 0 aliphatic heterocycles. The summed E-state index contributed by atoms with van der Waals surface area (Å²) in [7, 11) is 1.84. The second kappa shape index (κ2) is 4.80. The Morgan fingerprint density at radius 2 is 1.95 bits per heavy atom. The van der Waals surface area contributed by atoms with Crippen LogP contribution in [0.2, 0.25) is 0 Å². The molecule has 2 heterocycles. The van der Waals surface area contributed by atoms with Crippen molar-refractivity contribution in [1.29, 1.82) is 0 Å². The van der Waals surface area contributed by atoms with Crippen LogP contribution < -0.4 is 5.32 Å². The van der Waals surface area contributed by atoms with E-state index in [1.807, 2.05) is 39.1 Å². The van der Waals surface area contributed by atoms with Gasteiger partial charge in [-0.3, -0.25) is 0 Å². The highest BCUT2D eigenvalue weighted by Gasteiger charge is 2.22. The van der Waals surface area contributed by atoms with Crippen LogP contribution in [0.15, 0.2) is 39.2 Å². The zero-order valence-corrected chi connectivity index (χ0v) is 11.7. The first kappa shape index (κ1) is 12.9. The molecule has 0 fully saturated rings. The lowest BCUT2D eigenvalue weighted by atomic mass is 10.1. The molecule has 3 aromatic rings. The molecule has 2 aromatic heterocycles. The van der Waals surface area contributed by atoms with Gasteiger partial charge in [-0.1, -0.05) is 12.1 Å². The Morgan fingerprint density at radius 3 is 2.55 bits per heavy atom. The molecule has 3 nitrogen and oxygen atoms in total. The zero-order chi connectivity index (χ0) is 14.3. The first-order chi connectivity index (χ1) is 9.60. The first-order valence-corrected chi connectivity index (χ1v) is 6.52. The average molecular weight is 273 g/mol. The first-order valence-electron chi connectivity index (χ1n) is 6.52. The third-order valence-electron chi connectivity index (χ3n) is 3.48. The molecule has 0 amide bonds. The summed E-state index contributed by atoms with van der Waals surface area (Å²) in [5, 5.41) is 3.96. The van der Waals surface area contributed by atoms with Crippen LogP contribution in [0, 0.1) is 19.7 Å². The normalized spacial score (nSPS) is 13.0. The van der Waals surface area contributed by atoms with Gasteiger partial charge >= 0.3 is 0 Å². The van der Waals surface area contributed by atoms with Crippen LogP contribution in [-0.4, -0.2) is 7.05 Å². The molecule has 0 spiro atoms. The fourth-order valence-electron chi connectivity index (χ4n) is 2.58. The molecule has 0 aliphatic rings. The van der Waals surface area contributed by atoms with Gasteiger partial charge in [0, 0.05) is 10.9 Å². The third kappa shape index (κ3) is 2.02. The van der Waals surface area contributed by atoms with Gasteiger partial charge in [-0.2, -0.15) is 0 Å². The minimum atomic E-state index is -0.344. The highest BCUT2D eigenvalue weighted by Crippen LogP contribution is 2.31. The monoisotopic (exact) mass is 273 g/mol. The molecule has 3 rings (SSSR count). The summed E-state index contributed by atoms with van der Waals surface area (Å²) in [4.78, 5) is 0. The molecule has 0 bridgehead atoms. The van der Waals surface area contributed by atoms with Gasteiger partial charge in [-0.25, -0.2) is 4.39 Å². The van der Waals surface area contributed by atoms with Gasteiger partial charge in [-0.05, 0) is 39.1 Å². The Bertz CT molecular complexity index is 757. The Balaban J connectivity index is 2.12. The minimum Gasteiger partial charge on any atom is -0.466 e. The number of aryl methyl sites for hydroxylation is 2. The molecule has 4 heteroatoms. The number of hydrogen-bond acceptors (Lipinski definition) is 3. The number of benzene rings is 1. The molecule has 0 aliphatic carbocycles. The van der Waals surface area contributed by atoms with Crippen LogP contribution in [0.5, 0.6) is 0 Å². The Labute approximate surface area is 116 Å². The van der Waals surface area contributed by atoms with Gasteiger partial charge in [-0.15, -0.1) is 0 Å². The van der Waals surface area contributed by atoms with Crippen molar-refractivity contribution in [2.75, 3.05) is 7.05 Å². The maximum absolute atomic E-state index is 13.7.